The van der Waals surface area contributed by atoms with E-state index < -0.39 is 5.41 Å². The second-order valence-electron chi connectivity index (χ2n) is 5.09. The van der Waals surface area contributed by atoms with Gasteiger partial charge in [-0.05, 0) is 18.2 Å². The summed E-state index contributed by atoms with van der Waals surface area (Å²) in [7, 11) is 1.82. The molecule has 0 aliphatic heterocycles. The van der Waals surface area contributed by atoms with E-state index in [2.05, 4.69) is 20.9 Å². The Morgan fingerprint density at radius 1 is 1.37 bits per heavy atom. The molecular weight excluding hydrogens is 312 g/mol. The molecule has 0 saturated carbocycles. The smallest absolute Gasteiger partial charge is 0.298 e. The van der Waals surface area contributed by atoms with Gasteiger partial charge in [-0.1, -0.05) is 22.9 Å². The number of rotatable bonds is 5. The highest BCUT2D eigenvalue weighted by Crippen LogP contribution is 2.26. The van der Waals surface area contributed by atoms with Gasteiger partial charge in [-0.25, -0.2) is 0 Å². The van der Waals surface area contributed by atoms with Gasteiger partial charge in [-0.3, -0.25) is 0 Å². The number of anilines is 1. The third-order valence-corrected chi connectivity index (χ3v) is 3.54. The van der Waals surface area contributed by atoms with Crippen molar-refractivity contribution < 1.29 is 14.6 Å². The lowest BCUT2D eigenvalue weighted by atomic mass is 9.93. The summed E-state index contributed by atoms with van der Waals surface area (Å²) < 4.78 is 6.59. The first-order valence-corrected chi connectivity index (χ1v) is 6.76. The van der Waals surface area contributed by atoms with Gasteiger partial charge in [0.15, 0.2) is 5.58 Å². The quantitative estimate of drug-likeness (QED) is 0.878. The fourth-order valence-electron chi connectivity index (χ4n) is 1.84. The lowest BCUT2D eigenvalue weighted by molar-refractivity contribution is 0.0756. The van der Waals surface area contributed by atoms with Gasteiger partial charge in [0, 0.05) is 23.5 Å². The lowest BCUT2D eigenvalue weighted by Crippen LogP contribution is -2.39. The molecule has 1 aromatic carbocycles. The predicted molar refractivity (Wildman–Crippen MR) is 77.3 cm³/mol. The summed E-state index contributed by atoms with van der Waals surface area (Å²) in [6.07, 6.45) is 0. The SMILES string of the molecule is CN(CC(C)(CO)CO)c1nc2cc(Br)ccc2o1. The number of aliphatic hydroxyl groups excluding tert-OH is 2. The van der Waals surface area contributed by atoms with Gasteiger partial charge in [0.1, 0.15) is 5.52 Å². The molecule has 0 fully saturated rings. The highest BCUT2D eigenvalue weighted by molar-refractivity contribution is 9.10. The van der Waals surface area contributed by atoms with Crippen LogP contribution in [0.5, 0.6) is 0 Å². The van der Waals surface area contributed by atoms with E-state index >= 15 is 0 Å². The average Bonchev–Trinajstić information content (AvgIpc) is 2.81. The maximum Gasteiger partial charge on any atom is 0.298 e. The van der Waals surface area contributed by atoms with Crippen LogP contribution in [-0.2, 0) is 0 Å². The number of aromatic nitrogens is 1. The Bertz CT molecular complexity index is 566. The Balaban J connectivity index is 2.24. The first kappa shape index (κ1) is 14.3. The molecule has 0 unspecified atom stereocenters. The molecule has 0 spiro atoms. The summed E-state index contributed by atoms with van der Waals surface area (Å²) in [6.45, 7) is 2.07. The third-order valence-electron chi connectivity index (χ3n) is 3.05. The zero-order valence-corrected chi connectivity index (χ0v) is 12.5. The van der Waals surface area contributed by atoms with Crippen LogP contribution in [0.25, 0.3) is 11.1 Å². The first-order chi connectivity index (χ1) is 8.97. The summed E-state index contributed by atoms with van der Waals surface area (Å²) in [5, 5.41) is 18.6. The standard InChI is InChI=1S/C13H17BrN2O3/c1-13(7-17,8-18)6-16(2)12-15-10-5-9(14)3-4-11(10)19-12/h3-5,17-18H,6-8H2,1-2H3. The van der Waals surface area contributed by atoms with Crippen LogP contribution in [0.15, 0.2) is 27.1 Å². The molecule has 0 saturated heterocycles. The van der Waals surface area contributed by atoms with Crippen molar-refractivity contribution in [3.05, 3.63) is 22.7 Å². The minimum Gasteiger partial charge on any atom is -0.423 e. The van der Waals surface area contributed by atoms with Crippen LogP contribution in [0.2, 0.25) is 0 Å². The molecule has 2 rings (SSSR count). The van der Waals surface area contributed by atoms with Crippen molar-refractivity contribution in [3.63, 3.8) is 0 Å². The van der Waals surface area contributed by atoms with Crippen molar-refractivity contribution in [1.29, 1.82) is 0 Å². The molecule has 0 amide bonds. The molecule has 0 aliphatic rings. The molecule has 1 aromatic heterocycles. The number of hydrogen-bond donors (Lipinski definition) is 2. The summed E-state index contributed by atoms with van der Waals surface area (Å²) >= 11 is 3.39. The van der Waals surface area contributed by atoms with Crippen LogP contribution in [-0.4, -0.2) is 42.0 Å². The minimum absolute atomic E-state index is 0.0976. The molecule has 0 radical (unpaired) electrons. The molecule has 0 bridgehead atoms. The highest BCUT2D eigenvalue weighted by atomic mass is 79.9. The Morgan fingerprint density at radius 3 is 2.68 bits per heavy atom. The Labute approximate surface area is 120 Å². The fourth-order valence-corrected chi connectivity index (χ4v) is 2.19. The molecule has 104 valence electrons. The van der Waals surface area contributed by atoms with Gasteiger partial charge in [0.05, 0.1) is 13.2 Å². The van der Waals surface area contributed by atoms with Crippen molar-refractivity contribution in [2.45, 2.75) is 6.92 Å². The molecular formula is C13H17BrN2O3. The number of benzene rings is 1. The molecule has 0 aliphatic carbocycles. The number of aliphatic hydroxyl groups is 2. The molecule has 2 aromatic rings. The molecule has 6 heteroatoms. The topological polar surface area (TPSA) is 69.7 Å². The van der Waals surface area contributed by atoms with E-state index in [0.29, 0.717) is 18.1 Å². The number of halogens is 1. The van der Waals surface area contributed by atoms with Crippen LogP contribution >= 0.6 is 15.9 Å². The van der Waals surface area contributed by atoms with Gasteiger partial charge in [0.2, 0.25) is 0 Å². The van der Waals surface area contributed by atoms with Gasteiger partial charge in [-0.15, -0.1) is 0 Å². The monoisotopic (exact) mass is 328 g/mol. The van der Waals surface area contributed by atoms with E-state index in [9.17, 15) is 10.2 Å². The summed E-state index contributed by atoms with van der Waals surface area (Å²) in [4.78, 5) is 6.18. The van der Waals surface area contributed by atoms with Crippen molar-refractivity contribution in [3.8, 4) is 0 Å². The van der Waals surface area contributed by atoms with Gasteiger partial charge in [0.25, 0.3) is 6.01 Å². The second-order valence-corrected chi connectivity index (χ2v) is 6.01. The largest absolute Gasteiger partial charge is 0.423 e. The van der Waals surface area contributed by atoms with Crippen LogP contribution in [0.1, 0.15) is 6.92 Å². The lowest BCUT2D eigenvalue weighted by Gasteiger charge is -2.29. The van der Waals surface area contributed by atoms with E-state index in [4.69, 9.17) is 4.42 Å². The Kier molecular flexibility index (Phi) is 4.13. The van der Waals surface area contributed by atoms with Crippen LogP contribution in [0.4, 0.5) is 6.01 Å². The summed E-state index contributed by atoms with van der Waals surface area (Å²) in [5.74, 6) is 0. The van der Waals surface area contributed by atoms with E-state index in [1.54, 1.807) is 4.90 Å². The maximum absolute atomic E-state index is 9.31. The van der Waals surface area contributed by atoms with Gasteiger partial charge >= 0.3 is 0 Å². The molecule has 0 atom stereocenters. The minimum atomic E-state index is -0.587. The van der Waals surface area contributed by atoms with E-state index in [-0.39, 0.29) is 13.2 Å². The van der Waals surface area contributed by atoms with Crippen molar-refractivity contribution in [2.24, 2.45) is 5.41 Å². The van der Waals surface area contributed by atoms with Gasteiger partial charge in [-0.2, -0.15) is 4.98 Å². The van der Waals surface area contributed by atoms with Crippen molar-refractivity contribution >= 4 is 33.0 Å². The normalized spacial score (nSPS) is 12.1. The molecule has 1 heterocycles. The number of nitrogens with zero attached hydrogens (tertiary/aromatic N) is 2. The third kappa shape index (κ3) is 3.08. The van der Waals surface area contributed by atoms with Crippen LogP contribution in [0.3, 0.4) is 0 Å². The second kappa shape index (κ2) is 5.48. The number of hydrogen-bond acceptors (Lipinski definition) is 5. The Morgan fingerprint density at radius 2 is 2.05 bits per heavy atom. The van der Waals surface area contributed by atoms with Crippen molar-refractivity contribution in [2.75, 3.05) is 31.7 Å². The van der Waals surface area contributed by atoms with Crippen molar-refractivity contribution in [1.82, 2.24) is 4.98 Å². The molecule has 19 heavy (non-hydrogen) atoms. The average molecular weight is 329 g/mol. The molecule has 2 N–H and O–H groups in total. The first-order valence-electron chi connectivity index (χ1n) is 5.96. The Hall–Kier alpha value is -1.11. The maximum atomic E-state index is 9.31. The fraction of sp³-hybridized carbons (Fsp3) is 0.462. The number of oxazole rings is 1. The summed E-state index contributed by atoms with van der Waals surface area (Å²) in [6, 6.07) is 6.10. The number of fused-ring (bicyclic) bond motifs is 1. The highest BCUT2D eigenvalue weighted by Gasteiger charge is 2.26. The zero-order chi connectivity index (χ0) is 14.0. The van der Waals surface area contributed by atoms with E-state index in [1.807, 2.05) is 32.2 Å². The van der Waals surface area contributed by atoms with E-state index in [0.717, 1.165) is 9.99 Å². The van der Waals surface area contributed by atoms with Crippen LogP contribution < -0.4 is 4.90 Å². The molecule has 5 nitrogen and oxygen atoms in total. The summed E-state index contributed by atoms with van der Waals surface area (Å²) in [5.41, 5.74) is 0.890. The predicted octanol–water partition coefficient (Wildman–Crippen LogP) is 2.02. The van der Waals surface area contributed by atoms with Crippen LogP contribution in [0, 0.1) is 5.41 Å². The van der Waals surface area contributed by atoms with E-state index in [1.165, 1.54) is 0 Å². The van der Waals surface area contributed by atoms with Gasteiger partial charge < -0.3 is 19.5 Å². The zero-order valence-electron chi connectivity index (χ0n) is 10.9.